The summed E-state index contributed by atoms with van der Waals surface area (Å²) in [5.74, 6) is 0.925. The van der Waals surface area contributed by atoms with Crippen LogP contribution in [0.15, 0.2) is 24.3 Å². The molecule has 1 aromatic rings. The molecule has 1 saturated carbocycles. The molecule has 0 saturated heterocycles. The van der Waals surface area contributed by atoms with Crippen molar-refractivity contribution in [1.82, 2.24) is 5.32 Å². The molecule has 1 nitrogen and oxygen atoms in total. The highest BCUT2D eigenvalue weighted by atomic mass is 14.9. The molecular weight excluding hydrogens is 194 g/mol. The zero-order valence-corrected chi connectivity index (χ0v) is 10.5. The molecule has 1 aliphatic carbocycles. The van der Waals surface area contributed by atoms with Gasteiger partial charge in [-0.1, -0.05) is 37.6 Å². The summed E-state index contributed by atoms with van der Waals surface area (Å²) in [6.45, 7) is 5.59. The van der Waals surface area contributed by atoms with E-state index in [0.29, 0.717) is 6.04 Å². The molecule has 88 valence electrons. The summed E-state index contributed by atoms with van der Waals surface area (Å²) in [5, 5.41) is 3.68. The van der Waals surface area contributed by atoms with Crippen LogP contribution in [0.2, 0.25) is 0 Å². The smallest absolute Gasteiger partial charge is 0.0210 e. The highest BCUT2D eigenvalue weighted by Gasteiger charge is 2.23. The van der Waals surface area contributed by atoms with E-state index in [1.807, 2.05) is 0 Å². The lowest BCUT2D eigenvalue weighted by molar-refractivity contribution is 0.240. The van der Waals surface area contributed by atoms with Crippen LogP contribution in [0.3, 0.4) is 0 Å². The maximum atomic E-state index is 3.68. The normalized spacial score (nSPS) is 18.1. The third-order valence-corrected chi connectivity index (χ3v) is 3.97. The van der Waals surface area contributed by atoms with E-state index >= 15 is 0 Å². The van der Waals surface area contributed by atoms with Crippen LogP contribution in [-0.2, 0) is 13.0 Å². The van der Waals surface area contributed by atoms with Gasteiger partial charge in [-0.05, 0) is 43.2 Å². The van der Waals surface area contributed by atoms with E-state index in [0.717, 1.165) is 18.9 Å². The predicted octanol–water partition coefficient (Wildman–Crippen LogP) is 3.53. The van der Waals surface area contributed by atoms with Gasteiger partial charge in [-0.25, -0.2) is 0 Å². The first-order valence-electron chi connectivity index (χ1n) is 6.61. The van der Waals surface area contributed by atoms with E-state index in [2.05, 4.69) is 43.4 Å². The van der Waals surface area contributed by atoms with Crippen molar-refractivity contribution in [3.8, 4) is 0 Å². The quantitative estimate of drug-likeness (QED) is 0.795. The predicted molar refractivity (Wildman–Crippen MR) is 69.5 cm³/mol. The molecule has 0 aromatic heterocycles. The second-order valence-electron chi connectivity index (χ2n) is 4.98. The van der Waals surface area contributed by atoms with E-state index in [1.165, 1.54) is 30.4 Å². The Bertz CT molecular complexity index is 328. The fraction of sp³-hybridized carbons (Fsp3) is 0.600. The second-order valence-corrected chi connectivity index (χ2v) is 4.98. The molecule has 0 bridgehead atoms. The van der Waals surface area contributed by atoms with Crippen LogP contribution >= 0.6 is 0 Å². The van der Waals surface area contributed by atoms with Gasteiger partial charge in [0.15, 0.2) is 0 Å². The van der Waals surface area contributed by atoms with Crippen LogP contribution < -0.4 is 5.32 Å². The Kier molecular flexibility index (Phi) is 4.00. The van der Waals surface area contributed by atoms with Gasteiger partial charge in [-0.15, -0.1) is 0 Å². The molecule has 1 unspecified atom stereocenters. The number of hydrogen-bond donors (Lipinski definition) is 1. The largest absolute Gasteiger partial charge is 0.310 e. The summed E-state index contributed by atoms with van der Waals surface area (Å²) in [7, 11) is 0. The van der Waals surface area contributed by atoms with Gasteiger partial charge < -0.3 is 5.32 Å². The Hall–Kier alpha value is -0.820. The van der Waals surface area contributed by atoms with Gasteiger partial charge in [-0.2, -0.15) is 0 Å². The number of aryl methyl sites for hydroxylation is 1. The molecule has 1 heteroatoms. The third-order valence-electron chi connectivity index (χ3n) is 3.97. The Morgan fingerprint density at radius 3 is 2.50 bits per heavy atom. The summed E-state index contributed by atoms with van der Waals surface area (Å²) in [6, 6.07) is 9.45. The fourth-order valence-corrected chi connectivity index (χ4v) is 2.45. The third kappa shape index (κ3) is 2.65. The van der Waals surface area contributed by atoms with Crippen LogP contribution in [0.1, 0.15) is 44.2 Å². The lowest BCUT2D eigenvalue weighted by atomic mass is 9.80. The number of hydrogen-bond acceptors (Lipinski definition) is 1. The zero-order valence-electron chi connectivity index (χ0n) is 10.5. The Labute approximate surface area is 99.3 Å². The van der Waals surface area contributed by atoms with Crippen LogP contribution in [0, 0.1) is 5.92 Å². The van der Waals surface area contributed by atoms with Crippen molar-refractivity contribution >= 4 is 0 Å². The highest BCUT2D eigenvalue weighted by molar-refractivity contribution is 5.26. The number of rotatable bonds is 5. The topological polar surface area (TPSA) is 12.0 Å². The van der Waals surface area contributed by atoms with Gasteiger partial charge in [-0.3, -0.25) is 0 Å². The minimum Gasteiger partial charge on any atom is -0.310 e. The van der Waals surface area contributed by atoms with Crippen molar-refractivity contribution in [3.63, 3.8) is 0 Å². The molecule has 16 heavy (non-hydrogen) atoms. The lowest BCUT2D eigenvalue weighted by Crippen LogP contribution is -2.36. The summed E-state index contributed by atoms with van der Waals surface area (Å²) in [6.07, 6.45) is 5.41. The monoisotopic (exact) mass is 217 g/mol. The maximum absolute atomic E-state index is 3.68. The van der Waals surface area contributed by atoms with Crippen LogP contribution in [0.25, 0.3) is 0 Å². The van der Waals surface area contributed by atoms with Crippen molar-refractivity contribution in [3.05, 3.63) is 35.4 Å². The number of nitrogens with one attached hydrogen (secondary N) is 1. The van der Waals surface area contributed by atoms with Crippen molar-refractivity contribution in [2.45, 2.75) is 52.1 Å². The summed E-state index contributed by atoms with van der Waals surface area (Å²) >= 11 is 0. The average molecular weight is 217 g/mol. The minimum absolute atomic E-state index is 0.679. The molecular formula is C15H23N. The molecule has 2 rings (SSSR count). The minimum atomic E-state index is 0.679. The van der Waals surface area contributed by atoms with E-state index in [1.54, 1.807) is 0 Å². The van der Waals surface area contributed by atoms with Crippen LogP contribution in [0.4, 0.5) is 0 Å². The van der Waals surface area contributed by atoms with E-state index in [-0.39, 0.29) is 0 Å². The van der Waals surface area contributed by atoms with Gasteiger partial charge in [0.1, 0.15) is 0 Å². The summed E-state index contributed by atoms with van der Waals surface area (Å²) < 4.78 is 0. The zero-order chi connectivity index (χ0) is 11.4. The van der Waals surface area contributed by atoms with Gasteiger partial charge in [0.05, 0.1) is 0 Å². The maximum Gasteiger partial charge on any atom is 0.0210 e. The molecule has 1 atom stereocenters. The van der Waals surface area contributed by atoms with Crippen molar-refractivity contribution in [1.29, 1.82) is 0 Å². The standard InChI is InChI=1S/C15H23N/c1-3-13-7-4-5-8-15(13)11-16-12(2)14-9-6-10-14/h4-5,7-8,12,14,16H,3,6,9-11H2,1-2H3. The molecule has 1 fully saturated rings. The molecule has 1 N–H and O–H groups in total. The molecule has 0 spiro atoms. The SMILES string of the molecule is CCc1ccccc1CNC(C)C1CCC1. The lowest BCUT2D eigenvalue weighted by Gasteiger charge is -2.32. The molecule has 0 radical (unpaired) electrons. The summed E-state index contributed by atoms with van der Waals surface area (Å²) in [5.41, 5.74) is 2.95. The molecule has 0 amide bonds. The molecule has 1 aromatic carbocycles. The Morgan fingerprint density at radius 1 is 1.25 bits per heavy atom. The van der Waals surface area contributed by atoms with E-state index < -0.39 is 0 Å². The fourth-order valence-electron chi connectivity index (χ4n) is 2.45. The van der Waals surface area contributed by atoms with E-state index in [9.17, 15) is 0 Å². The van der Waals surface area contributed by atoms with Gasteiger partial charge in [0, 0.05) is 12.6 Å². The van der Waals surface area contributed by atoms with Crippen LogP contribution in [0.5, 0.6) is 0 Å². The highest BCUT2D eigenvalue weighted by Crippen LogP contribution is 2.29. The first kappa shape index (κ1) is 11.7. The van der Waals surface area contributed by atoms with Crippen molar-refractivity contribution in [2.24, 2.45) is 5.92 Å². The van der Waals surface area contributed by atoms with Crippen molar-refractivity contribution < 1.29 is 0 Å². The van der Waals surface area contributed by atoms with Crippen LogP contribution in [-0.4, -0.2) is 6.04 Å². The van der Waals surface area contributed by atoms with Crippen molar-refractivity contribution in [2.75, 3.05) is 0 Å². The Morgan fingerprint density at radius 2 is 1.94 bits per heavy atom. The van der Waals surface area contributed by atoms with Gasteiger partial charge in [0.25, 0.3) is 0 Å². The van der Waals surface area contributed by atoms with Gasteiger partial charge >= 0.3 is 0 Å². The molecule has 0 heterocycles. The first-order chi connectivity index (χ1) is 7.81. The molecule has 0 aliphatic heterocycles. The second kappa shape index (κ2) is 5.49. The number of benzene rings is 1. The average Bonchev–Trinajstić information content (AvgIpc) is 2.24. The first-order valence-corrected chi connectivity index (χ1v) is 6.61. The van der Waals surface area contributed by atoms with Gasteiger partial charge in [0.2, 0.25) is 0 Å². The molecule has 1 aliphatic rings. The van der Waals surface area contributed by atoms with E-state index in [4.69, 9.17) is 0 Å². The Balaban J connectivity index is 1.88. The summed E-state index contributed by atoms with van der Waals surface area (Å²) in [4.78, 5) is 0.